The van der Waals surface area contributed by atoms with Crippen molar-refractivity contribution in [3.63, 3.8) is 0 Å². The van der Waals surface area contributed by atoms with E-state index in [4.69, 9.17) is 9.68 Å². The molecular formula is C11H18N2O5. The third-order valence-corrected chi connectivity index (χ3v) is 3.39. The molecule has 0 aromatic heterocycles. The van der Waals surface area contributed by atoms with E-state index in [1.807, 2.05) is 0 Å². The lowest BCUT2D eigenvalue weighted by molar-refractivity contribution is -0.217. The summed E-state index contributed by atoms with van der Waals surface area (Å²) in [5.41, 5.74) is -1.33. The van der Waals surface area contributed by atoms with Crippen LogP contribution in [-0.4, -0.2) is 42.2 Å². The first-order chi connectivity index (χ1) is 8.38. The molecule has 7 nitrogen and oxygen atoms in total. The van der Waals surface area contributed by atoms with Gasteiger partial charge in [0.25, 0.3) is 11.8 Å². The van der Waals surface area contributed by atoms with Gasteiger partial charge in [-0.1, -0.05) is 20.8 Å². The van der Waals surface area contributed by atoms with Crippen molar-refractivity contribution in [3.8, 4) is 0 Å². The van der Waals surface area contributed by atoms with Crippen LogP contribution in [0, 0.1) is 11.3 Å². The second-order valence-electron chi connectivity index (χ2n) is 4.33. The van der Waals surface area contributed by atoms with E-state index in [0.29, 0.717) is 10.1 Å². The average Bonchev–Trinajstić information content (AvgIpc) is 2.31. The molecule has 0 N–H and O–H groups in total. The summed E-state index contributed by atoms with van der Waals surface area (Å²) in [4.78, 5) is 45.9. The molecule has 0 aromatic carbocycles. The minimum Gasteiger partial charge on any atom is -0.271 e. The van der Waals surface area contributed by atoms with Gasteiger partial charge in [0, 0.05) is 0 Å². The van der Waals surface area contributed by atoms with Crippen molar-refractivity contribution in [2.24, 2.45) is 11.3 Å². The van der Waals surface area contributed by atoms with Crippen LogP contribution in [0.4, 0.5) is 4.79 Å². The number of hydrogen-bond acceptors (Lipinski definition) is 5. The topological polar surface area (TPSA) is 76.2 Å². The van der Waals surface area contributed by atoms with Crippen LogP contribution in [0.15, 0.2) is 0 Å². The molecule has 1 aliphatic heterocycles. The van der Waals surface area contributed by atoms with Crippen LogP contribution in [0.1, 0.15) is 27.2 Å². The number of barbiturate groups is 1. The molecule has 1 heterocycles. The molecule has 0 bridgehead atoms. The van der Waals surface area contributed by atoms with Gasteiger partial charge in [-0.15, -0.1) is 10.1 Å². The second-order valence-corrected chi connectivity index (χ2v) is 4.33. The summed E-state index contributed by atoms with van der Waals surface area (Å²) in [6, 6.07) is -0.931. The molecule has 4 amide bonds. The number of hydroxylamine groups is 4. The molecule has 1 aliphatic rings. The number of hydrogen-bond donors (Lipinski definition) is 0. The number of carbonyl (C=O) groups excluding carboxylic acids is 3. The molecule has 7 heteroatoms. The molecule has 1 fully saturated rings. The Hall–Kier alpha value is -1.47. The van der Waals surface area contributed by atoms with Crippen LogP contribution in [0.5, 0.6) is 0 Å². The van der Waals surface area contributed by atoms with E-state index in [1.165, 1.54) is 14.2 Å². The molecule has 0 aromatic rings. The van der Waals surface area contributed by atoms with Crippen LogP contribution in [0.2, 0.25) is 0 Å². The lowest BCUT2D eigenvalue weighted by Crippen LogP contribution is -2.65. The number of nitrogens with zero attached hydrogens (tertiary/aromatic N) is 2. The fourth-order valence-electron chi connectivity index (χ4n) is 2.24. The highest BCUT2D eigenvalue weighted by atomic mass is 16.7. The zero-order valence-electron chi connectivity index (χ0n) is 11.2. The molecule has 0 unspecified atom stereocenters. The van der Waals surface area contributed by atoms with Gasteiger partial charge in [0.05, 0.1) is 14.2 Å². The second kappa shape index (κ2) is 5.03. The van der Waals surface area contributed by atoms with Crippen molar-refractivity contribution < 1.29 is 24.1 Å². The van der Waals surface area contributed by atoms with Crippen molar-refractivity contribution in [3.05, 3.63) is 0 Å². The van der Waals surface area contributed by atoms with Crippen molar-refractivity contribution in [2.45, 2.75) is 27.2 Å². The number of rotatable bonds is 4. The summed E-state index contributed by atoms with van der Waals surface area (Å²) in [6.07, 6.45) is 0.259. The predicted molar refractivity (Wildman–Crippen MR) is 60.7 cm³/mol. The van der Waals surface area contributed by atoms with E-state index in [-0.39, 0.29) is 12.3 Å². The quantitative estimate of drug-likeness (QED) is 0.702. The van der Waals surface area contributed by atoms with Crippen LogP contribution in [-0.2, 0) is 19.3 Å². The first kappa shape index (κ1) is 14.6. The fraction of sp³-hybridized carbons (Fsp3) is 0.727. The van der Waals surface area contributed by atoms with Gasteiger partial charge in [0.2, 0.25) is 0 Å². The Bertz CT molecular complexity index is 354. The van der Waals surface area contributed by atoms with E-state index in [0.717, 1.165) is 0 Å². The normalized spacial score (nSPS) is 20.0. The predicted octanol–water partition coefficient (Wildman–Crippen LogP) is 0.952. The molecule has 0 aliphatic carbocycles. The Morgan fingerprint density at radius 2 is 1.44 bits per heavy atom. The van der Waals surface area contributed by atoms with Crippen molar-refractivity contribution >= 4 is 17.8 Å². The van der Waals surface area contributed by atoms with E-state index in [1.54, 1.807) is 20.8 Å². The zero-order valence-corrected chi connectivity index (χ0v) is 11.2. The third kappa shape index (κ3) is 1.70. The summed E-state index contributed by atoms with van der Waals surface area (Å²) in [5.74, 6) is -1.58. The highest BCUT2D eigenvalue weighted by Crippen LogP contribution is 2.39. The van der Waals surface area contributed by atoms with E-state index in [2.05, 4.69) is 0 Å². The molecular weight excluding hydrogens is 240 g/mol. The lowest BCUT2D eigenvalue weighted by Gasteiger charge is -2.43. The van der Waals surface area contributed by atoms with E-state index < -0.39 is 23.3 Å². The molecule has 18 heavy (non-hydrogen) atoms. The maximum Gasteiger partial charge on any atom is 0.382 e. The Morgan fingerprint density at radius 1 is 1.06 bits per heavy atom. The van der Waals surface area contributed by atoms with E-state index in [9.17, 15) is 14.4 Å². The highest BCUT2D eigenvalue weighted by molar-refractivity contribution is 6.17. The van der Waals surface area contributed by atoms with Gasteiger partial charge in [0.1, 0.15) is 5.41 Å². The maximum absolute atomic E-state index is 12.3. The molecule has 0 radical (unpaired) electrons. The molecule has 102 valence electrons. The molecule has 1 saturated heterocycles. The lowest BCUT2D eigenvalue weighted by atomic mass is 9.72. The Morgan fingerprint density at radius 3 is 1.67 bits per heavy atom. The maximum atomic E-state index is 12.3. The standard InChI is InChI=1S/C11H18N2O5/c1-6-11(7(2)3)8(14)12(17-4)10(16)13(18-5)9(11)15/h7H,6H2,1-5H3. The van der Waals surface area contributed by atoms with Gasteiger partial charge < -0.3 is 0 Å². The molecule has 0 atom stereocenters. The van der Waals surface area contributed by atoms with Gasteiger partial charge in [-0.3, -0.25) is 19.3 Å². The Kier molecular flexibility index (Phi) is 4.08. The van der Waals surface area contributed by atoms with Gasteiger partial charge in [-0.25, -0.2) is 4.79 Å². The summed E-state index contributed by atoms with van der Waals surface area (Å²) >= 11 is 0. The Labute approximate surface area is 106 Å². The number of carbonyl (C=O) groups is 3. The summed E-state index contributed by atoms with van der Waals surface area (Å²) in [5, 5.41) is 1.13. The number of urea groups is 1. The zero-order chi connectivity index (χ0) is 14.1. The van der Waals surface area contributed by atoms with Crippen LogP contribution in [0.3, 0.4) is 0 Å². The van der Waals surface area contributed by atoms with E-state index >= 15 is 0 Å². The third-order valence-electron chi connectivity index (χ3n) is 3.39. The minimum absolute atomic E-state index is 0.259. The number of imide groups is 2. The summed E-state index contributed by atoms with van der Waals surface area (Å²) < 4.78 is 0. The molecule has 0 spiro atoms. The first-order valence-corrected chi connectivity index (χ1v) is 5.69. The van der Waals surface area contributed by atoms with Crippen LogP contribution < -0.4 is 0 Å². The van der Waals surface area contributed by atoms with Crippen LogP contribution >= 0.6 is 0 Å². The summed E-state index contributed by atoms with van der Waals surface area (Å²) in [6.45, 7) is 5.21. The smallest absolute Gasteiger partial charge is 0.271 e. The molecule has 1 rings (SSSR count). The minimum atomic E-state index is -1.33. The monoisotopic (exact) mass is 258 g/mol. The SMILES string of the molecule is CCC1(C(C)C)C(=O)N(OC)C(=O)N(OC)C1=O. The van der Waals surface area contributed by atoms with Crippen molar-refractivity contribution in [1.29, 1.82) is 0 Å². The number of amides is 4. The van der Waals surface area contributed by atoms with Crippen molar-refractivity contribution in [2.75, 3.05) is 14.2 Å². The largest absolute Gasteiger partial charge is 0.382 e. The van der Waals surface area contributed by atoms with Crippen LogP contribution in [0.25, 0.3) is 0 Å². The Balaban J connectivity index is 3.37. The summed E-state index contributed by atoms with van der Waals surface area (Å²) in [7, 11) is 2.39. The highest BCUT2D eigenvalue weighted by Gasteiger charge is 2.59. The molecule has 0 saturated carbocycles. The fourth-order valence-corrected chi connectivity index (χ4v) is 2.24. The van der Waals surface area contributed by atoms with Gasteiger partial charge in [0.15, 0.2) is 0 Å². The van der Waals surface area contributed by atoms with Gasteiger partial charge >= 0.3 is 6.03 Å². The van der Waals surface area contributed by atoms with Crippen molar-refractivity contribution in [1.82, 2.24) is 10.1 Å². The average molecular weight is 258 g/mol. The van der Waals surface area contributed by atoms with Gasteiger partial charge in [-0.2, -0.15) is 0 Å². The first-order valence-electron chi connectivity index (χ1n) is 5.69. The van der Waals surface area contributed by atoms with Gasteiger partial charge in [-0.05, 0) is 12.3 Å².